The fraction of sp³-hybridized carbons (Fsp3) is 0.400. The van der Waals surface area contributed by atoms with Gasteiger partial charge in [-0.1, -0.05) is 0 Å². The molecule has 0 aliphatic heterocycles. The van der Waals surface area contributed by atoms with Crippen LogP contribution < -0.4 is 4.57 Å². The van der Waals surface area contributed by atoms with Crippen LogP contribution in [0.3, 0.4) is 0 Å². The first-order chi connectivity index (χ1) is 8.08. The number of aromatic nitrogens is 4. The lowest BCUT2D eigenvalue weighted by Crippen LogP contribution is -2.24. The number of nitro groups is 1. The van der Waals surface area contributed by atoms with Gasteiger partial charge in [-0.15, -0.1) is 0 Å². The largest absolute Gasteiger partial charge is 0.358 e. The SMILES string of the molecule is Cc1ncc([N+](=O)[O-])n1CCn1cc[n+](C)c1. The number of hydrogen-bond donors (Lipinski definition) is 0. The van der Waals surface area contributed by atoms with Gasteiger partial charge in [-0.3, -0.25) is 0 Å². The van der Waals surface area contributed by atoms with E-state index in [1.807, 2.05) is 34.9 Å². The Morgan fingerprint density at radius 3 is 2.88 bits per heavy atom. The molecule has 0 aromatic carbocycles. The Kier molecular flexibility index (Phi) is 2.90. The molecule has 0 spiro atoms. The quantitative estimate of drug-likeness (QED) is 0.439. The van der Waals surface area contributed by atoms with Crippen molar-refractivity contribution < 1.29 is 9.49 Å². The van der Waals surface area contributed by atoms with Crippen LogP contribution in [0.2, 0.25) is 0 Å². The normalized spacial score (nSPS) is 10.7. The highest BCUT2D eigenvalue weighted by Gasteiger charge is 2.17. The smallest absolute Gasteiger partial charge is 0.342 e. The van der Waals surface area contributed by atoms with Crippen LogP contribution in [0.15, 0.2) is 24.9 Å². The molecule has 2 heterocycles. The van der Waals surface area contributed by atoms with E-state index in [0.29, 0.717) is 18.9 Å². The van der Waals surface area contributed by atoms with E-state index in [1.165, 1.54) is 6.20 Å². The third-order valence-corrected chi connectivity index (χ3v) is 2.63. The molecule has 0 N–H and O–H groups in total. The van der Waals surface area contributed by atoms with Crippen LogP contribution in [-0.4, -0.2) is 19.0 Å². The molecule has 17 heavy (non-hydrogen) atoms. The molecule has 2 rings (SSSR count). The van der Waals surface area contributed by atoms with Crippen LogP contribution in [0.5, 0.6) is 0 Å². The average molecular weight is 236 g/mol. The van der Waals surface area contributed by atoms with Crippen molar-refractivity contribution in [2.45, 2.75) is 20.0 Å². The van der Waals surface area contributed by atoms with Gasteiger partial charge in [0, 0.05) is 6.92 Å². The van der Waals surface area contributed by atoms with Crippen molar-refractivity contribution >= 4 is 5.82 Å². The Balaban J connectivity index is 2.13. The summed E-state index contributed by atoms with van der Waals surface area (Å²) in [6.45, 7) is 2.98. The summed E-state index contributed by atoms with van der Waals surface area (Å²) in [5, 5.41) is 10.8. The molecule has 0 amide bonds. The second-order valence-electron chi connectivity index (χ2n) is 3.89. The minimum atomic E-state index is -0.407. The summed E-state index contributed by atoms with van der Waals surface area (Å²) < 4.78 is 5.51. The summed E-state index contributed by atoms with van der Waals surface area (Å²) in [6, 6.07) is 0. The number of aryl methyl sites for hydroxylation is 3. The lowest BCUT2D eigenvalue weighted by molar-refractivity contribution is -0.671. The lowest BCUT2D eigenvalue weighted by atomic mass is 10.5. The fourth-order valence-corrected chi connectivity index (χ4v) is 1.73. The number of hydrogen-bond acceptors (Lipinski definition) is 3. The van der Waals surface area contributed by atoms with Crippen molar-refractivity contribution in [3.8, 4) is 0 Å². The maximum absolute atomic E-state index is 10.8. The van der Waals surface area contributed by atoms with E-state index >= 15 is 0 Å². The molecule has 7 heteroatoms. The molecular formula is C10H14N5O2+. The molecule has 0 fully saturated rings. The molecule has 0 aliphatic rings. The van der Waals surface area contributed by atoms with Gasteiger partial charge >= 0.3 is 5.82 Å². The fourth-order valence-electron chi connectivity index (χ4n) is 1.73. The maximum atomic E-state index is 10.8. The van der Waals surface area contributed by atoms with Crippen molar-refractivity contribution in [1.29, 1.82) is 0 Å². The topological polar surface area (TPSA) is 69.8 Å². The van der Waals surface area contributed by atoms with Crippen molar-refractivity contribution in [2.24, 2.45) is 7.05 Å². The van der Waals surface area contributed by atoms with E-state index in [0.717, 1.165) is 0 Å². The van der Waals surface area contributed by atoms with Crippen molar-refractivity contribution in [2.75, 3.05) is 0 Å². The van der Waals surface area contributed by atoms with E-state index in [9.17, 15) is 10.1 Å². The van der Waals surface area contributed by atoms with Gasteiger partial charge in [0.1, 0.15) is 31.7 Å². The van der Waals surface area contributed by atoms with E-state index in [1.54, 1.807) is 11.5 Å². The highest BCUT2D eigenvalue weighted by molar-refractivity contribution is 5.18. The minimum Gasteiger partial charge on any atom is -0.358 e. The summed E-state index contributed by atoms with van der Waals surface area (Å²) in [6.07, 6.45) is 7.08. The molecule has 0 unspecified atom stereocenters. The zero-order chi connectivity index (χ0) is 12.4. The first-order valence-corrected chi connectivity index (χ1v) is 5.25. The van der Waals surface area contributed by atoms with Crippen LogP contribution in [0.4, 0.5) is 5.82 Å². The van der Waals surface area contributed by atoms with Gasteiger partial charge in [0.25, 0.3) is 0 Å². The Labute approximate surface area is 98.1 Å². The molecule has 0 bridgehead atoms. The monoisotopic (exact) mass is 236 g/mol. The summed E-state index contributed by atoms with van der Waals surface area (Å²) >= 11 is 0. The highest BCUT2D eigenvalue weighted by atomic mass is 16.6. The predicted octanol–water partition coefficient (Wildman–Crippen LogP) is 0.426. The average Bonchev–Trinajstić information content (AvgIpc) is 2.82. The molecule has 0 saturated heterocycles. The molecule has 2 aromatic rings. The van der Waals surface area contributed by atoms with Crippen LogP contribution in [0, 0.1) is 17.0 Å². The summed E-state index contributed by atoms with van der Waals surface area (Å²) in [4.78, 5) is 14.3. The van der Waals surface area contributed by atoms with Crippen LogP contribution in [0.25, 0.3) is 0 Å². The van der Waals surface area contributed by atoms with E-state index in [4.69, 9.17) is 0 Å². The van der Waals surface area contributed by atoms with Gasteiger partial charge in [0.15, 0.2) is 5.82 Å². The number of nitrogens with zero attached hydrogens (tertiary/aromatic N) is 5. The van der Waals surface area contributed by atoms with Crippen LogP contribution >= 0.6 is 0 Å². The Bertz CT molecular complexity index is 543. The molecule has 90 valence electrons. The van der Waals surface area contributed by atoms with Gasteiger partial charge < -0.3 is 10.1 Å². The third-order valence-electron chi connectivity index (χ3n) is 2.63. The molecule has 2 aromatic heterocycles. The van der Waals surface area contributed by atoms with Gasteiger partial charge in [-0.2, -0.15) is 0 Å². The standard InChI is InChI=1S/C10H14N5O2/c1-9-11-7-10(15(16)17)14(9)6-5-13-4-3-12(2)8-13/h3-4,7-8H,5-6H2,1-2H3/q+1. The third kappa shape index (κ3) is 2.32. The molecular weight excluding hydrogens is 222 g/mol. The van der Waals surface area contributed by atoms with E-state index in [2.05, 4.69) is 4.98 Å². The number of imidazole rings is 2. The minimum absolute atomic E-state index is 0.0408. The van der Waals surface area contributed by atoms with Gasteiger partial charge in [-0.05, 0) is 4.92 Å². The van der Waals surface area contributed by atoms with Gasteiger partial charge in [0.05, 0.1) is 7.05 Å². The Hall–Kier alpha value is -2.18. The Morgan fingerprint density at radius 2 is 2.29 bits per heavy atom. The number of rotatable bonds is 4. The van der Waals surface area contributed by atoms with E-state index in [-0.39, 0.29) is 5.82 Å². The molecule has 0 aliphatic carbocycles. The van der Waals surface area contributed by atoms with E-state index < -0.39 is 4.92 Å². The maximum Gasteiger partial charge on any atom is 0.342 e. The Morgan fingerprint density at radius 1 is 1.53 bits per heavy atom. The second-order valence-corrected chi connectivity index (χ2v) is 3.89. The summed E-state index contributed by atoms with van der Waals surface area (Å²) in [7, 11) is 1.93. The molecule has 0 radical (unpaired) electrons. The van der Waals surface area contributed by atoms with Crippen LogP contribution in [-0.2, 0) is 20.1 Å². The van der Waals surface area contributed by atoms with Crippen molar-refractivity contribution in [3.05, 3.63) is 40.9 Å². The summed E-state index contributed by atoms with van der Waals surface area (Å²) in [5.74, 6) is 0.701. The summed E-state index contributed by atoms with van der Waals surface area (Å²) in [5.41, 5.74) is 0. The van der Waals surface area contributed by atoms with Gasteiger partial charge in [-0.25, -0.2) is 18.7 Å². The predicted molar refractivity (Wildman–Crippen MR) is 59.2 cm³/mol. The van der Waals surface area contributed by atoms with Crippen molar-refractivity contribution in [3.63, 3.8) is 0 Å². The van der Waals surface area contributed by atoms with Gasteiger partial charge in [0.2, 0.25) is 6.33 Å². The molecule has 0 atom stereocenters. The second kappa shape index (κ2) is 4.36. The molecule has 7 nitrogen and oxygen atoms in total. The highest BCUT2D eigenvalue weighted by Crippen LogP contribution is 2.13. The lowest BCUT2D eigenvalue weighted by Gasteiger charge is -2.00. The molecule has 0 saturated carbocycles. The van der Waals surface area contributed by atoms with Crippen molar-refractivity contribution in [1.82, 2.24) is 14.1 Å². The first-order valence-electron chi connectivity index (χ1n) is 5.25. The zero-order valence-electron chi connectivity index (χ0n) is 9.78. The zero-order valence-corrected chi connectivity index (χ0v) is 9.78. The first kappa shape index (κ1) is 11.3. The van der Waals surface area contributed by atoms with Crippen LogP contribution in [0.1, 0.15) is 5.82 Å².